The number of hydrogen-bond acceptors (Lipinski definition) is 12. The van der Waals surface area contributed by atoms with Crippen LogP contribution < -0.4 is 60.2 Å². The minimum Gasteiger partial charge on any atom is -0.481 e. The third-order valence-electron chi connectivity index (χ3n) is 11.8. The van der Waals surface area contributed by atoms with Gasteiger partial charge in [0, 0.05) is 74.2 Å². The van der Waals surface area contributed by atoms with Gasteiger partial charge in [-0.1, -0.05) is 68.3 Å². The van der Waals surface area contributed by atoms with E-state index in [9.17, 15) is 48.3 Å². The van der Waals surface area contributed by atoms with Crippen molar-refractivity contribution < 1.29 is 48.3 Å². The number of hydrogen-bond donors (Lipinski definition) is 14. The van der Waals surface area contributed by atoms with E-state index in [1.165, 1.54) is 26.4 Å². The van der Waals surface area contributed by atoms with E-state index in [2.05, 4.69) is 57.2 Å². The van der Waals surface area contributed by atoms with Crippen LogP contribution in [0.1, 0.15) is 82.5 Å². The summed E-state index contributed by atoms with van der Waals surface area (Å²) in [6.07, 6.45) is 4.55. The molecule has 0 fully saturated rings. The predicted molar refractivity (Wildman–Crippen MR) is 273 cm³/mol. The van der Waals surface area contributed by atoms with Crippen molar-refractivity contribution in [1.82, 2.24) is 52.2 Å². The van der Waals surface area contributed by atoms with Gasteiger partial charge in [0.05, 0.1) is 6.33 Å². The Bertz CT molecular complexity index is 2570. The fourth-order valence-corrected chi connectivity index (χ4v) is 7.92. The molecule has 2 aromatic heterocycles. The molecular formula is C49H69N15O10. The minimum atomic E-state index is -1.49. The number of H-pyrrole nitrogens is 2. The fourth-order valence-electron chi connectivity index (χ4n) is 7.92. The molecule has 0 aliphatic rings. The summed E-state index contributed by atoms with van der Waals surface area (Å²) >= 11 is 0. The summed E-state index contributed by atoms with van der Waals surface area (Å²) in [5.41, 5.74) is 25.0. The maximum absolute atomic E-state index is 14.7. The number of carboxylic acids is 1. The van der Waals surface area contributed by atoms with Crippen LogP contribution in [0.2, 0.25) is 0 Å². The molecule has 0 saturated carbocycles. The number of carbonyl (C=O) groups excluding carboxylic acids is 8. The maximum Gasteiger partial charge on any atom is 0.303 e. The van der Waals surface area contributed by atoms with E-state index in [-0.39, 0.29) is 57.5 Å². The van der Waals surface area contributed by atoms with Crippen LogP contribution in [-0.2, 0) is 62.4 Å². The fraction of sp³-hybridized carbons (Fsp3) is 0.449. The van der Waals surface area contributed by atoms with Gasteiger partial charge in [-0.05, 0) is 49.8 Å². The van der Waals surface area contributed by atoms with Crippen LogP contribution in [0.5, 0.6) is 0 Å². The van der Waals surface area contributed by atoms with Gasteiger partial charge in [-0.2, -0.15) is 0 Å². The predicted octanol–water partition coefficient (Wildman–Crippen LogP) is -1.73. The van der Waals surface area contributed by atoms with Gasteiger partial charge in [0.1, 0.15) is 42.3 Å². The lowest BCUT2D eigenvalue weighted by molar-refractivity contribution is -0.138. The largest absolute Gasteiger partial charge is 0.481 e. The number of carbonyl (C=O) groups is 9. The molecule has 8 atom stereocenters. The number of aromatic nitrogens is 3. The van der Waals surface area contributed by atoms with Crippen molar-refractivity contribution in [2.75, 3.05) is 6.54 Å². The first-order valence-electron chi connectivity index (χ1n) is 24.2. The van der Waals surface area contributed by atoms with Crippen LogP contribution >= 0.6 is 0 Å². The van der Waals surface area contributed by atoms with Gasteiger partial charge in [0.25, 0.3) is 0 Å². The highest BCUT2D eigenvalue weighted by Gasteiger charge is 2.35. The third kappa shape index (κ3) is 19.0. The maximum atomic E-state index is 14.7. The van der Waals surface area contributed by atoms with E-state index >= 15 is 0 Å². The molecule has 4 aromatic rings. The van der Waals surface area contributed by atoms with Gasteiger partial charge in [-0.25, -0.2) is 4.98 Å². The Kier molecular flexibility index (Phi) is 23.0. The molecule has 0 radical (unpaired) electrons. The summed E-state index contributed by atoms with van der Waals surface area (Å²) in [4.78, 5) is 135. The molecule has 0 spiro atoms. The van der Waals surface area contributed by atoms with E-state index in [1.807, 2.05) is 25.1 Å². The highest BCUT2D eigenvalue weighted by Crippen LogP contribution is 2.20. The second-order valence-corrected chi connectivity index (χ2v) is 17.9. The minimum absolute atomic E-state index is 0.0373. The SMILES string of the molecule is CCCC[C@H](NC(C)=O)C(=O)N[C@@H](CCC(=O)O)C(=O)N[C@@H](Cc1cnc[nH]1)C(=O)N[C@H](Cc1ccccc1)C(=O)N[C@@H](CCCN=C(N)N)C(=O)N[C@@H](Cc1c[nH]c2ccccc12)C(=O)N[C@H](C(N)=O)C(C)N. The summed E-state index contributed by atoms with van der Waals surface area (Å²) < 4.78 is 0. The Morgan fingerprint density at radius 3 is 1.73 bits per heavy atom. The molecular weight excluding hydrogens is 959 g/mol. The van der Waals surface area contributed by atoms with E-state index in [0.29, 0.717) is 29.7 Å². The second-order valence-electron chi connectivity index (χ2n) is 17.9. The molecule has 400 valence electrons. The van der Waals surface area contributed by atoms with Crippen molar-refractivity contribution >= 4 is 70.1 Å². The summed E-state index contributed by atoms with van der Waals surface area (Å²) in [7, 11) is 0. The average Bonchev–Trinajstić information content (AvgIpc) is 4.03. The van der Waals surface area contributed by atoms with Crippen molar-refractivity contribution in [2.45, 2.75) is 133 Å². The first-order chi connectivity index (χ1) is 35.3. The lowest BCUT2D eigenvalue weighted by Crippen LogP contribution is -2.61. The lowest BCUT2D eigenvalue weighted by Gasteiger charge is -2.28. The molecule has 0 aliphatic heterocycles. The topological polar surface area (TPSA) is 419 Å². The number of aliphatic carboxylic acids is 1. The quantitative estimate of drug-likeness (QED) is 0.0152. The Labute approximate surface area is 427 Å². The molecule has 25 heteroatoms. The zero-order valence-electron chi connectivity index (χ0n) is 41.7. The van der Waals surface area contributed by atoms with Crippen molar-refractivity contribution in [3.63, 3.8) is 0 Å². The Morgan fingerprint density at radius 1 is 0.649 bits per heavy atom. The lowest BCUT2D eigenvalue weighted by atomic mass is 10.0. The number of primary amides is 1. The van der Waals surface area contributed by atoms with Crippen LogP contribution in [0, 0.1) is 0 Å². The molecule has 0 aliphatic carbocycles. The number of nitrogens with two attached hydrogens (primary N) is 4. The summed E-state index contributed by atoms with van der Waals surface area (Å²) in [6.45, 7) is 4.63. The Hall–Kier alpha value is -8.35. The number of nitrogens with zero attached hydrogens (tertiary/aromatic N) is 2. The number of guanidine groups is 1. The number of aliphatic imine (C=N–C) groups is 1. The van der Waals surface area contributed by atoms with Crippen LogP contribution in [0.15, 0.2) is 78.3 Å². The zero-order valence-corrected chi connectivity index (χ0v) is 41.7. The van der Waals surface area contributed by atoms with Crippen molar-refractivity contribution in [2.24, 2.45) is 27.9 Å². The molecule has 25 nitrogen and oxygen atoms in total. The first kappa shape index (κ1) is 58.2. The van der Waals surface area contributed by atoms with E-state index in [4.69, 9.17) is 22.9 Å². The van der Waals surface area contributed by atoms with E-state index in [1.54, 1.807) is 42.6 Å². The monoisotopic (exact) mass is 1030 g/mol. The highest BCUT2D eigenvalue weighted by atomic mass is 16.4. The van der Waals surface area contributed by atoms with Crippen molar-refractivity contribution in [1.29, 1.82) is 0 Å². The molecule has 2 aromatic carbocycles. The van der Waals surface area contributed by atoms with Gasteiger partial charge in [-0.3, -0.25) is 48.1 Å². The molecule has 74 heavy (non-hydrogen) atoms. The summed E-state index contributed by atoms with van der Waals surface area (Å²) in [5.74, 6) is -7.96. The van der Waals surface area contributed by atoms with Crippen LogP contribution in [0.3, 0.4) is 0 Å². The molecule has 18 N–H and O–H groups in total. The van der Waals surface area contributed by atoms with E-state index in [0.717, 1.165) is 10.9 Å². The molecule has 8 amide bonds. The molecule has 0 bridgehead atoms. The number of para-hydroxylation sites is 1. The van der Waals surface area contributed by atoms with E-state index < -0.39 is 108 Å². The van der Waals surface area contributed by atoms with Gasteiger partial charge in [0.15, 0.2) is 5.96 Å². The third-order valence-corrected chi connectivity index (χ3v) is 11.8. The first-order valence-corrected chi connectivity index (χ1v) is 24.2. The zero-order chi connectivity index (χ0) is 54.3. The van der Waals surface area contributed by atoms with Crippen LogP contribution in [0.25, 0.3) is 10.9 Å². The standard InChI is InChI=1S/C49H69N15O10/c1-4-5-15-34(58-28(3)65)43(69)60-36(18-19-40(66)67)45(71)63-39(23-31-25-54-26-57-31)47(73)61-37(21-29-12-7-6-8-13-29)46(72)59-35(17-11-20-55-49(52)53)44(70)62-38(48(74)64-41(27(2)50)42(51)68)22-30-24-56-33-16-10-9-14-32(30)33/h6-10,12-14,16,24-27,34-39,41,56H,4-5,11,15,17-23,50H2,1-3H3,(H2,51,68)(H,54,57)(H,58,65)(H,59,72)(H,60,69)(H,61,73)(H,62,70)(H,63,71)(H,64,74)(H,66,67)(H4,52,53,55)/t27?,34-,35-,36-,37+,38-,39-,41-/m0/s1. The number of fused-ring (bicyclic) bond motifs is 1. The number of unbranched alkanes of at least 4 members (excludes halogenated alkanes) is 1. The highest BCUT2D eigenvalue weighted by molar-refractivity contribution is 5.98. The number of imidazole rings is 1. The number of benzene rings is 2. The smallest absolute Gasteiger partial charge is 0.303 e. The van der Waals surface area contributed by atoms with Crippen molar-refractivity contribution in [3.05, 3.63) is 90.1 Å². The molecule has 4 rings (SSSR count). The van der Waals surface area contributed by atoms with Gasteiger partial charge >= 0.3 is 5.97 Å². The molecule has 1 unspecified atom stereocenters. The number of amides is 8. The Morgan fingerprint density at radius 2 is 1.18 bits per heavy atom. The van der Waals surface area contributed by atoms with Gasteiger partial charge in [-0.15, -0.1) is 0 Å². The normalized spacial score (nSPS) is 14.3. The van der Waals surface area contributed by atoms with Crippen molar-refractivity contribution in [3.8, 4) is 0 Å². The number of carboxylic acid groups (broad SMARTS) is 1. The summed E-state index contributed by atoms with van der Waals surface area (Å²) in [6, 6.07) is 5.42. The number of rotatable bonds is 31. The number of aromatic amines is 2. The number of nitrogens with one attached hydrogen (secondary N) is 9. The molecule has 2 heterocycles. The van der Waals surface area contributed by atoms with Crippen LogP contribution in [0.4, 0.5) is 0 Å². The second kappa shape index (κ2) is 29.2. The summed E-state index contributed by atoms with van der Waals surface area (Å²) in [5, 5.41) is 28.7. The van der Waals surface area contributed by atoms with Gasteiger partial charge < -0.3 is 75.2 Å². The molecule has 0 saturated heterocycles. The van der Waals surface area contributed by atoms with Crippen LogP contribution in [-0.4, -0.2) is 134 Å². The Balaban J connectivity index is 1.68. The van der Waals surface area contributed by atoms with Gasteiger partial charge in [0.2, 0.25) is 47.3 Å². The average molecular weight is 1030 g/mol.